The molecular weight excluding hydrogens is 198 g/mol. The van der Waals surface area contributed by atoms with Gasteiger partial charge in [0.15, 0.2) is 0 Å². The predicted octanol–water partition coefficient (Wildman–Crippen LogP) is 1.71. The maximum absolute atomic E-state index is 4.63. The number of aromatic nitrogens is 2. The Bertz CT molecular complexity index is 369. The number of hydrogen-bond acceptors (Lipinski definition) is 2. The molecule has 0 aromatic carbocycles. The van der Waals surface area contributed by atoms with Crippen molar-refractivity contribution in [2.24, 2.45) is 5.92 Å². The first-order valence-corrected chi connectivity index (χ1v) is 6.55. The lowest BCUT2D eigenvalue weighted by Gasteiger charge is -2.18. The Labute approximate surface area is 97.5 Å². The average Bonchev–Trinajstić information content (AvgIpc) is 2.87. The summed E-state index contributed by atoms with van der Waals surface area (Å²) in [7, 11) is 2.22. The van der Waals surface area contributed by atoms with E-state index in [1.807, 2.05) is 0 Å². The molecule has 1 aromatic rings. The van der Waals surface area contributed by atoms with Gasteiger partial charge in [-0.3, -0.25) is 0 Å². The van der Waals surface area contributed by atoms with Gasteiger partial charge in [-0.2, -0.15) is 0 Å². The van der Waals surface area contributed by atoms with Gasteiger partial charge in [-0.1, -0.05) is 0 Å². The van der Waals surface area contributed by atoms with E-state index in [2.05, 4.69) is 27.7 Å². The number of nitrogens with zero attached hydrogens (tertiary/aromatic N) is 3. The molecule has 2 aliphatic rings. The van der Waals surface area contributed by atoms with Gasteiger partial charge < -0.3 is 9.47 Å². The quantitative estimate of drug-likeness (QED) is 0.755. The van der Waals surface area contributed by atoms with Gasteiger partial charge in [0, 0.05) is 31.4 Å². The highest BCUT2D eigenvalue weighted by molar-refractivity contribution is 5.08. The molecule has 3 heteroatoms. The van der Waals surface area contributed by atoms with E-state index < -0.39 is 0 Å². The SMILES string of the molecule is CN1CCC(Cc2ncc3n2CCCC3)C1. The van der Waals surface area contributed by atoms with Crippen LogP contribution in [-0.2, 0) is 19.4 Å². The molecule has 2 aliphatic heterocycles. The van der Waals surface area contributed by atoms with Gasteiger partial charge in [-0.15, -0.1) is 0 Å². The summed E-state index contributed by atoms with van der Waals surface area (Å²) >= 11 is 0. The molecule has 3 heterocycles. The van der Waals surface area contributed by atoms with E-state index in [4.69, 9.17) is 0 Å². The van der Waals surface area contributed by atoms with Crippen LogP contribution >= 0.6 is 0 Å². The topological polar surface area (TPSA) is 21.1 Å². The van der Waals surface area contributed by atoms with E-state index in [-0.39, 0.29) is 0 Å². The zero-order chi connectivity index (χ0) is 11.0. The standard InChI is InChI=1S/C13H21N3/c1-15-7-5-11(10-15)8-13-14-9-12-4-2-3-6-16(12)13/h9,11H,2-8,10H2,1H3. The molecule has 1 fully saturated rings. The van der Waals surface area contributed by atoms with Crippen molar-refractivity contribution in [3.05, 3.63) is 17.7 Å². The predicted molar refractivity (Wildman–Crippen MR) is 64.5 cm³/mol. The summed E-state index contributed by atoms with van der Waals surface area (Å²) in [6.07, 6.45) is 8.55. The molecule has 0 radical (unpaired) electrons. The van der Waals surface area contributed by atoms with Gasteiger partial charge in [0.1, 0.15) is 5.82 Å². The lowest BCUT2D eigenvalue weighted by atomic mass is 10.0. The molecule has 0 bridgehead atoms. The third kappa shape index (κ3) is 1.88. The second kappa shape index (κ2) is 4.21. The van der Waals surface area contributed by atoms with E-state index in [0.717, 1.165) is 5.92 Å². The minimum atomic E-state index is 0.832. The number of aryl methyl sites for hydroxylation is 1. The molecule has 1 atom stereocenters. The maximum atomic E-state index is 4.63. The highest BCUT2D eigenvalue weighted by Gasteiger charge is 2.22. The van der Waals surface area contributed by atoms with E-state index in [0.29, 0.717) is 0 Å². The van der Waals surface area contributed by atoms with Crippen molar-refractivity contribution >= 4 is 0 Å². The van der Waals surface area contributed by atoms with Crippen molar-refractivity contribution in [1.82, 2.24) is 14.5 Å². The fourth-order valence-electron chi connectivity index (χ4n) is 3.12. The van der Waals surface area contributed by atoms with Crippen LogP contribution in [0.3, 0.4) is 0 Å². The van der Waals surface area contributed by atoms with Crippen molar-refractivity contribution in [2.75, 3.05) is 20.1 Å². The lowest BCUT2D eigenvalue weighted by Crippen LogP contribution is -2.18. The Kier molecular flexibility index (Phi) is 2.72. The average molecular weight is 219 g/mol. The molecule has 1 unspecified atom stereocenters. The van der Waals surface area contributed by atoms with Crippen molar-refractivity contribution in [1.29, 1.82) is 0 Å². The molecule has 1 aromatic heterocycles. The Morgan fingerprint density at radius 1 is 1.38 bits per heavy atom. The Hall–Kier alpha value is -0.830. The molecule has 1 saturated heterocycles. The van der Waals surface area contributed by atoms with Crippen molar-refractivity contribution in [2.45, 2.75) is 38.6 Å². The Balaban J connectivity index is 1.72. The zero-order valence-corrected chi connectivity index (χ0v) is 10.2. The number of hydrogen-bond donors (Lipinski definition) is 0. The van der Waals surface area contributed by atoms with Gasteiger partial charge in [0.05, 0.1) is 0 Å². The minimum Gasteiger partial charge on any atom is -0.332 e. The van der Waals surface area contributed by atoms with Gasteiger partial charge in [-0.25, -0.2) is 4.98 Å². The molecule has 0 amide bonds. The van der Waals surface area contributed by atoms with Crippen LogP contribution in [0.5, 0.6) is 0 Å². The monoisotopic (exact) mass is 219 g/mol. The highest BCUT2D eigenvalue weighted by atomic mass is 15.1. The van der Waals surface area contributed by atoms with Crippen LogP contribution in [-0.4, -0.2) is 34.6 Å². The second-order valence-electron chi connectivity index (χ2n) is 5.40. The zero-order valence-electron chi connectivity index (χ0n) is 10.2. The summed E-state index contributed by atoms with van der Waals surface area (Å²) in [4.78, 5) is 7.07. The summed E-state index contributed by atoms with van der Waals surface area (Å²) in [5, 5.41) is 0. The van der Waals surface area contributed by atoms with E-state index in [1.165, 1.54) is 63.3 Å². The fourth-order valence-corrected chi connectivity index (χ4v) is 3.12. The number of rotatable bonds is 2. The fraction of sp³-hybridized carbons (Fsp3) is 0.769. The first kappa shape index (κ1) is 10.3. The van der Waals surface area contributed by atoms with Crippen LogP contribution < -0.4 is 0 Å². The largest absolute Gasteiger partial charge is 0.332 e. The first-order valence-electron chi connectivity index (χ1n) is 6.55. The van der Waals surface area contributed by atoms with Crippen molar-refractivity contribution in [3.8, 4) is 0 Å². The van der Waals surface area contributed by atoms with Crippen LogP contribution in [0.2, 0.25) is 0 Å². The third-order valence-corrected chi connectivity index (χ3v) is 4.05. The number of likely N-dealkylation sites (tertiary alicyclic amines) is 1. The van der Waals surface area contributed by atoms with E-state index in [9.17, 15) is 0 Å². The Morgan fingerprint density at radius 3 is 3.12 bits per heavy atom. The molecule has 0 aliphatic carbocycles. The summed E-state index contributed by atoms with van der Waals surface area (Å²) in [5.74, 6) is 2.17. The first-order chi connectivity index (χ1) is 7.83. The van der Waals surface area contributed by atoms with Gasteiger partial charge in [0.2, 0.25) is 0 Å². The maximum Gasteiger partial charge on any atom is 0.109 e. The summed E-state index contributed by atoms with van der Waals surface area (Å²) in [6.45, 7) is 3.72. The number of fused-ring (bicyclic) bond motifs is 1. The minimum absolute atomic E-state index is 0.832. The van der Waals surface area contributed by atoms with E-state index in [1.54, 1.807) is 0 Å². The van der Waals surface area contributed by atoms with Gasteiger partial charge in [-0.05, 0) is 45.2 Å². The van der Waals surface area contributed by atoms with E-state index >= 15 is 0 Å². The summed E-state index contributed by atoms with van der Waals surface area (Å²) in [6, 6.07) is 0. The number of imidazole rings is 1. The molecule has 3 rings (SSSR count). The molecule has 3 nitrogen and oxygen atoms in total. The molecule has 0 saturated carbocycles. The molecule has 16 heavy (non-hydrogen) atoms. The van der Waals surface area contributed by atoms with Gasteiger partial charge >= 0.3 is 0 Å². The summed E-state index contributed by atoms with van der Waals surface area (Å²) in [5.41, 5.74) is 1.47. The Morgan fingerprint density at radius 2 is 2.31 bits per heavy atom. The lowest BCUT2D eigenvalue weighted by molar-refractivity contribution is 0.389. The molecule has 88 valence electrons. The molecule has 0 N–H and O–H groups in total. The van der Waals surface area contributed by atoms with Crippen LogP contribution in [0.15, 0.2) is 6.20 Å². The van der Waals surface area contributed by atoms with Crippen molar-refractivity contribution < 1.29 is 0 Å². The van der Waals surface area contributed by atoms with Gasteiger partial charge in [0.25, 0.3) is 0 Å². The normalized spacial score (nSPS) is 25.9. The van der Waals surface area contributed by atoms with Crippen LogP contribution in [0.4, 0.5) is 0 Å². The molecular formula is C13H21N3. The van der Waals surface area contributed by atoms with Crippen LogP contribution in [0.1, 0.15) is 30.8 Å². The van der Waals surface area contributed by atoms with Crippen LogP contribution in [0.25, 0.3) is 0 Å². The smallest absolute Gasteiger partial charge is 0.109 e. The summed E-state index contributed by atoms with van der Waals surface area (Å²) < 4.78 is 2.47. The highest BCUT2D eigenvalue weighted by Crippen LogP contribution is 2.22. The van der Waals surface area contributed by atoms with Crippen LogP contribution in [0, 0.1) is 5.92 Å². The third-order valence-electron chi connectivity index (χ3n) is 4.05. The van der Waals surface area contributed by atoms with Crippen molar-refractivity contribution in [3.63, 3.8) is 0 Å². The molecule has 0 spiro atoms. The second-order valence-corrected chi connectivity index (χ2v) is 5.40.